The molecule has 2 aromatic carbocycles. The van der Waals surface area contributed by atoms with Crippen molar-refractivity contribution in [3.8, 4) is 0 Å². The molecule has 0 spiro atoms. The molecule has 0 saturated heterocycles. The smallest absolute Gasteiger partial charge is 0.338 e. The molecule has 0 saturated carbocycles. The van der Waals surface area contributed by atoms with Gasteiger partial charge < -0.3 is 14.7 Å². The van der Waals surface area contributed by atoms with Crippen LogP contribution in [0.25, 0.3) is 21.8 Å². The number of fused-ring (bicyclic) bond motifs is 2. The number of aromatic amines is 2. The lowest BCUT2D eigenvalue weighted by atomic mass is 10.1. The van der Waals surface area contributed by atoms with Crippen LogP contribution in [0.4, 0.5) is 5.69 Å². The number of nitrogens with one attached hydrogen (secondary N) is 2. The van der Waals surface area contributed by atoms with E-state index in [2.05, 4.69) is 14.7 Å². The molecule has 0 fully saturated rings. The topological polar surface area (TPSA) is 101 Å². The van der Waals surface area contributed by atoms with E-state index in [0.29, 0.717) is 10.9 Å². The highest BCUT2D eigenvalue weighted by Gasteiger charge is 2.10. The van der Waals surface area contributed by atoms with Gasteiger partial charge in [0.1, 0.15) is 0 Å². The molecular weight excluding hydrogens is 322 g/mol. The van der Waals surface area contributed by atoms with Gasteiger partial charge in [0.2, 0.25) is 0 Å². The van der Waals surface area contributed by atoms with Crippen molar-refractivity contribution in [1.29, 1.82) is 0 Å². The minimum absolute atomic E-state index is 0.147. The van der Waals surface area contributed by atoms with Crippen LogP contribution in [0.5, 0.6) is 0 Å². The minimum Gasteiger partial charge on any atom is -0.465 e. The van der Waals surface area contributed by atoms with E-state index in [4.69, 9.17) is 0 Å². The zero-order valence-corrected chi connectivity index (χ0v) is 13.4. The van der Waals surface area contributed by atoms with E-state index in [0.717, 1.165) is 16.4 Å². The SMILES string of the molecule is COC(=O)c1cccc2[nH]ccc12.O=[N+]([O-])c1cccc2[nH]ccc12. The average molecular weight is 337 g/mol. The number of carbonyl (C=O) groups excluding carboxylic acids is 1. The number of methoxy groups -OCH3 is 1. The van der Waals surface area contributed by atoms with Gasteiger partial charge in [-0.1, -0.05) is 12.1 Å². The van der Waals surface area contributed by atoms with E-state index < -0.39 is 0 Å². The van der Waals surface area contributed by atoms with Crippen molar-refractivity contribution >= 4 is 33.5 Å². The fourth-order valence-corrected chi connectivity index (χ4v) is 2.60. The summed E-state index contributed by atoms with van der Waals surface area (Å²) in [6, 6.07) is 14.0. The molecule has 0 bridgehead atoms. The largest absolute Gasteiger partial charge is 0.465 e. The first-order chi connectivity index (χ1) is 12.1. The zero-order chi connectivity index (χ0) is 17.8. The van der Waals surface area contributed by atoms with Gasteiger partial charge in [0.25, 0.3) is 5.69 Å². The molecule has 7 nitrogen and oxygen atoms in total. The Kier molecular flexibility index (Phi) is 4.47. The number of carbonyl (C=O) groups is 1. The van der Waals surface area contributed by atoms with Crippen LogP contribution in [0.2, 0.25) is 0 Å². The Balaban J connectivity index is 0.000000146. The van der Waals surface area contributed by atoms with Crippen molar-refractivity contribution in [3.05, 3.63) is 76.6 Å². The number of non-ortho nitro benzene ring substituents is 1. The van der Waals surface area contributed by atoms with Gasteiger partial charge in [-0.2, -0.15) is 0 Å². The third-order valence-corrected chi connectivity index (χ3v) is 3.77. The molecule has 2 N–H and O–H groups in total. The summed E-state index contributed by atoms with van der Waals surface area (Å²) in [7, 11) is 1.38. The predicted molar refractivity (Wildman–Crippen MR) is 94.6 cm³/mol. The zero-order valence-electron chi connectivity index (χ0n) is 13.4. The van der Waals surface area contributed by atoms with Crippen LogP contribution >= 0.6 is 0 Å². The normalized spacial score (nSPS) is 10.3. The van der Waals surface area contributed by atoms with Crippen molar-refractivity contribution in [1.82, 2.24) is 9.97 Å². The highest BCUT2D eigenvalue weighted by atomic mass is 16.6. The summed E-state index contributed by atoms with van der Waals surface area (Å²) in [4.78, 5) is 27.4. The molecule has 126 valence electrons. The molecule has 2 aromatic heterocycles. The number of H-pyrrole nitrogens is 2. The van der Waals surface area contributed by atoms with Crippen molar-refractivity contribution in [2.24, 2.45) is 0 Å². The van der Waals surface area contributed by atoms with E-state index >= 15 is 0 Å². The Hall–Kier alpha value is -3.61. The monoisotopic (exact) mass is 337 g/mol. The lowest BCUT2D eigenvalue weighted by Crippen LogP contribution is -2.00. The van der Waals surface area contributed by atoms with Gasteiger partial charge in [-0.15, -0.1) is 0 Å². The summed E-state index contributed by atoms with van der Waals surface area (Å²) in [5.41, 5.74) is 2.49. The number of aromatic nitrogens is 2. The number of rotatable bonds is 2. The number of nitro groups is 1. The Labute approximate surface area is 142 Å². The number of ether oxygens (including phenoxy) is 1. The lowest BCUT2D eigenvalue weighted by molar-refractivity contribution is -0.383. The van der Waals surface area contributed by atoms with Gasteiger partial charge in [0, 0.05) is 29.4 Å². The maximum absolute atomic E-state index is 11.3. The Morgan fingerprint density at radius 1 is 0.960 bits per heavy atom. The van der Waals surface area contributed by atoms with E-state index in [1.165, 1.54) is 13.2 Å². The molecule has 0 aliphatic carbocycles. The number of esters is 1. The summed E-state index contributed by atoms with van der Waals surface area (Å²) < 4.78 is 4.66. The van der Waals surface area contributed by atoms with Gasteiger partial charge in [0.15, 0.2) is 0 Å². The summed E-state index contributed by atoms with van der Waals surface area (Å²) >= 11 is 0. The maximum atomic E-state index is 11.3. The first-order valence-corrected chi connectivity index (χ1v) is 7.46. The molecule has 0 aliphatic rings. The molecule has 25 heavy (non-hydrogen) atoms. The van der Waals surface area contributed by atoms with Crippen LogP contribution in [-0.4, -0.2) is 28.0 Å². The van der Waals surface area contributed by atoms with E-state index in [1.807, 2.05) is 24.3 Å². The molecule has 2 heterocycles. The molecule has 0 unspecified atom stereocenters. The van der Waals surface area contributed by atoms with Gasteiger partial charge in [0.05, 0.1) is 28.5 Å². The molecule has 4 aromatic rings. The summed E-state index contributed by atoms with van der Waals surface area (Å²) in [6.45, 7) is 0. The predicted octanol–water partition coefficient (Wildman–Crippen LogP) is 4.03. The minimum atomic E-state index is -0.379. The highest BCUT2D eigenvalue weighted by Crippen LogP contribution is 2.23. The number of hydrogen-bond donors (Lipinski definition) is 2. The van der Waals surface area contributed by atoms with Gasteiger partial charge in [-0.25, -0.2) is 4.79 Å². The third-order valence-electron chi connectivity index (χ3n) is 3.77. The number of nitrogens with zero attached hydrogens (tertiary/aromatic N) is 1. The van der Waals surface area contributed by atoms with Crippen LogP contribution in [0.15, 0.2) is 60.9 Å². The Morgan fingerprint density at radius 3 is 2.20 bits per heavy atom. The standard InChI is InChI=1S/C10H9NO2.C8H6N2O2/c1-13-10(12)8-3-2-4-9-7(8)5-6-11-9;11-10(12)8-3-1-2-7-6(8)4-5-9-7/h2-6,11H,1H3;1-5,9H. The number of benzene rings is 2. The Bertz CT molecular complexity index is 1050. The molecule has 0 radical (unpaired) electrons. The summed E-state index contributed by atoms with van der Waals surface area (Å²) in [5, 5.41) is 12.1. The molecule has 7 heteroatoms. The summed E-state index contributed by atoms with van der Waals surface area (Å²) in [5.74, 6) is -0.301. The van der Waals surface area contributed by atoms with Crippen molar-refractivity contribution in [2.45, 2.75) is 0 Å². The number of hydrogen-bond acceptors (Lipinski definition) is 4. The lowest BCUT2D eigenvalue weighted by Gasteiger charge is -1.99. The van der Waals surface area contributed by atoms with E-state index in [1.54, 1.807) is 30.6 Å². The van der Waals surface area contributed by atoms with Crippen LogP contribution in [0, 0.1) is 10.1 Å². The van der Waals surface area contributed by atoms with Crippen LogP contribution in [0.3, 0.4) is 0 Å². The third kappa shape index (κ3) is 3.20. The van der Waals surface area contributed by atoms with Crippen molar-refractivity contribution in [2.75, 3.05) is 7.11 Å². The first-order valence-electron chi connectivity index (χ1n) is 7.46. The quantitative estimate of drug-likeness (QED) is 0.327. The molecule has 0 amide bonds. The van der Waals surface area contributed by atoms with Crippen LogP contribution in [-0.2, 0) is 4.74 Å². The Morgan fingerprint density at radius 2 is 1.56 bits per heavy atom. The second kappa shape index (κ2) is 6.88. The molecule has 4 rings (SSSR count). The second-order valence-electron chi connectivity index (χ2n) is 5.21. The number of nitro benzene ring substituents is 1. The fourth-order valence-electron chi connectivity index (χ4n) is 2.60. The van der Waals surface area contributed by atoms with Crippen LogP contribution < -0.4 is 0 Å². The van der Waals surface area contributed by atoms with Crippen molar-refractivity contribution in [3.63, 3.8) is 0 Å². The molecular formula is C18H15N3O4. The maximum Gasteiger partial charge on any atom is 0.338 e. The average Bonchev–Trinajstić information content (AvgIpc) is 3.29. The van der Waals surface area contributed by atoms with E-state index in [-0.39, 0.29) is 16.6 Å². The molecule has 0 aliphatic heterocycles. The molecule has 0 atom stereocenters. The van der Waals surface area contributed by atoms with Gasteiger partial charge in [-0.05, 0) is 30.3 Å². The second-order valence-corrected chi connectivity index (χ2v) is 5.21. The van der Waals surface area contributed by atoms with Crippen LogP contribution in [0.1, 0.15) is 10.4 Å². The highest BCUT2D eigenvalue weighted by molar-refractivity contribution is 6.03. The summed E-state index contributed by atoms with van der Waals surface area (Å²) in [6.07, 6.45) is 3.49. The van der Waals surface area contributed by atoms with E-state index in [9.17, 15) is 14.9 Å². The fraction of sp³-hybridized carbons (Fsp3) is 0.0556. The van der Waals surface area contributed by atoms with Crippen molar-refractivity contribution < 1.29 is 14.5 Å². The van der Waals surface area contributed by atoms with Gasteiger partial charge >= 0.3 is 5.97 Å². The first kappa shape index (κ1) is 16.3. The van der Waals surface area contributed by atoms with Gasteiger partial charge in [-0.3, -0.25) is 10.1 Å².